The molecule has 0 spiro atoms. The molecule has 0 N–H and O–H groups in total. The second-order valence-corrected chi connectivity index (χ2v) is 8.65. The van der Waals surface area contributed by atoms with Gasteiger partial charge in [0, 0.05) is 24.1 Å². The Labute approximate surface area is 160 Å². The average molecular weight is 429 g/mol. The molecule has 7 heteroatoms. The number of fused-ring (bicyclic) bond motifs is 1. The molecule has 0 aliphatic carbocycles. The number of nitrogens with zero attached hydrogens (tertiary/aromatic N) is 2. The van der Waals surface area contributed by atoms with Gasteiger partial charge in [0.1, 0.15) is 5.60 Å². The lowest BCUT2D eigenvalue weighted by molar-refractivity contribution is -0.0411. The summed E-state index contributed by atoms with van der Waals surface area (Å²) in [6.07, 6.45) is 1.47. The molecule has 4 nitrogen and oxygen atoms in total. The number of rotatable bonds is 1. The summed E-state index contributed by atoms with van der Waals surface area (Å²) in [5.41, 5.74) is 1.55. The summed E-state index contributed by atoms with van der Waals surface area (Å²) in [4.78, 5) is 14.9. The molecule has 1 amide bonds. The van der Waals surface area contributed by atoms with Gasteiger partial charge < -0.3 is 9.64 Å². The molecule has 0 unspecified atom stereocenters. The van der Waals surface area contributed by atoms with Gasteiger partial charge in [-0.3, -0.25) is 4.90 Å². The van der Waals surface area contributed by atoms with Gasteiger partial charge in [0.05, 0.1) is 12.2 Å². The minimum absolute atomic E-state index is 0.00544. The summed E-state index contributed by atoms with van der Waals surface area (Å²) in [6.45, 7) is 5.63. The van der Waals surface area contributed by atoms with Crippen LogP contribution in [0.2, 0.25) is 0 Å². The third-order valence-corrected chi connectivity index (χ3v) is 4.94. The minimum Gasteiger partial charge on any atom is -0.444 e. The Balaban J connectivity index is 1.75. The smallest absolute Gasteiger partial charge is 0.410 e. The van der Waals surface area contributed by atoms with Gasteiger partial charge in [-0.1, -0.05) is 22.0 Å². The quantitative estimate of drug-likeness (QED) is 0.656. The van der Waals surface area contributed by atoms with Gasteiger partial charge in [0.2, 0.25) is 0 Å². The highest BCUT2D eigenvalue weighted by molar-refractivity contribution is 9.10. The van der Waals surface area contributed by atoms with Crippen LogP contribution in [0.1, 0.15) is 31.9 Å². The van der Waals surface area contributed by atoms with Crippen LogP contribution < -0.4 is 0 Å². The van der Waals surface area contributed by atoms with Gasteiger partial charge in [-0.05, 0) is 56.5 Å². The molecule has 26 heavy (non-hydrogen) atoms. The van der Waals surface area contributed by atoms with Gasteiger partial charge in [-0.2, -0.15) is 8.78 Å². The van der Waals surface area contributed by atoms with Crippen LogP contribution in [0.25, 0.3) is 0 Å². The first-order valence-electron chi connectivity index (χ1n) is 8.64. The molecule has 0 bridgehead atoms. The molecule has 0 fully saturated rings. The molecule has 142 valence electrons. The van der Waals surface area contributed by atoms with Crippen molar-refractivity contribution in [2.45, 2.75) is 45.3 Å². The van der Waals surface area contributed by atoms with E-state index in [0.29, 0.717) is 13.1 Å². The van der Waals surface area contributed by atoms with E-state index in [2.05, 4.69) is 15.9 Å². The molecule has 0 saturated carbocycles. The van der Waals surface area contributed by atoms with Crippen LogP contribution in [0.3, 0.4) is 0 Å². The number of carbonyl (C=O) groups excluding carboxylic acids is 1. The van der Waals surface area contributed by atoms with Gasteiger partial charge >= 0.3 is 12.0 Å². The number of benzene rings is 1. The largest absolute Gasteiger partial charge is 0.444 e. The number of hydrogen-bond acceptors (Lipinski definition) is 3. The monoisotopic (exact) mass is 428 g/mol. The average Bonchev–Trinajstić information content (AvgIpc) is 2.52. The molecule has 0 atom stereocenters. The van der Waals surface area contributed by atoms with Gasteiger partial charge in [-0.15, -0.1) is 0 Å². The van der Waals surface area contributed by atoms with E-state index in [1.807, 2.05) is 18.2 Å². The lowest BCUT2D eigenvalue weighted by atomic mass is 9.98. The summed E-state index contributed by atoms with van der Waals surface area (Å²) in [5, 5.41) is 0. The van der Waals surface area contributed by atoms with Gasteiger partial charge in [0.25, 0.3) is 0 Å². The van der Waals surface area contributed by atoms with Crippen LogP contribution in [-0.4, -0.2) is 47.1 Å². The van der Waals surface area contributed by atoms with Crippen molar-refractivity contribution in [3.63, 3.8) is 0 Å². The number of hydrogen-bond donors (Lipinski definition) is 0. The third kappa shape index (κ3) is 4.19. The molecular weight excluding hydrogens is 406 g/mol. The van der Waals surface area contributed by atoms with Crippen LogP contribution in [0.15, 0.2) is 34.4 Å². The Hall–Kier alpha value is -1.63. The van der Waals surface area contributed by atoms with Crippen LogP contribution >= 0.6 is 15.9 Å². The molecule has 1 aromatic carbocycles. The highest BCUT2D eigenvalue weighted by Gasteiger charge is 2.44. The zero-order valence-corrected chi connectivity index (χ0v) is 16.8. The van der Waals surface area contributed by atoms with Gasteiger partial charge in [0.15, 0.2) is 0 Å². The van der Waals surface area contributed by atoms with Crippen molar-refractivity contribution >= 4 is 22.0 Å². The predicted molar refractivity (Wildman–Crippen MR) is 99.1 cm³/mol. The highest BCUT2D eigenvalue weighted by Crippen LogP contribution is 2.35. The standard InChI is InChI=1S/C19H23BrF2N2O2/c1-18(2,3)26-17(25)24-9-7-16(19(21,22)12-24)23-8-6-13-10-15(20)5-4-14(13)11-23/h4-5,7,10H,6,8-9,11-12H2,1-3H3. The first-order chi connectivity index (χ1) is 12.0. The van der Waals surface area contributed by atoms with Crippen molar-refractivity contribution in [1.82, 2.24) is 9.80 Å². The van der Waals surface area contributed by atoms with E-state index in [-0.39, 0.29) is 12.2 Å². The Morgan fingerprint density at radius 2 is 2.00 bits per heavy atom. The Kier molecular flexibility index (Phi) is 5.03. The fourth-order valence-corrected chi connectivity index (χ4v) is 3.69. The molecule has 3 rings (SSSR count). The van der Waals surface area contributed by atoms with E-state index >= 15 is 0 Å². The first kappa shape index (κ1) is 19.1. The van der Waals surface area contributed by atoms with Crippen molar-refractivity contribution in [3.8, 4) is 0 Å². The van der Waals surface area contributed by atoms with Crippen molar-refractivity contribution in [3.05, 3.63) is 45.6 Å². The number of carbonyl (C=O) groups is 1. The van der Waals surface area contributed by atoms with E-state index in [1.54, 1.807) is 25.7 Å². The Bertz CT molecular complexity index is 744. The fraction of sp³-hybridized carbons (Fsp3) is 0.526. The number of alkyl halides is 2. The maximum atomic E-state index is 14.8. The minimum atomic E-state index is -3.10. The predicted octanol–water partition coefficient (Wildman–Crippen LogP) is 4.58. The maximum absolute atomic E-state index is 14.8. The van der Waals surface area contributed by atoms with Crippen LogP contribution in [0, 0.1) is 0 Å². The Morgan fingerprint density at radius 1 is 1.27 bits per heavy atom. The number of halogens is 3. The molecule has 2 heterocycles. The summed E-state index contributed by atoms with van der Waals surface area (Å²) >= 11 is 3.45. The molecule has 0 radical (unpaired) electrons. The zero-order valence-electron chi connectivity index (χ0n) is 15.2. The van der Waals surface area contributed by atoms with E-state index in [1.165, 1.54) is 11.6 Å². The van der Waals surface area contributed by atoms with Crippen molar-refractivity contribution in [2.24, 2.45) is 0 Å². The van der Waals surface area contributed by atoms with E-state index in [0.717, 1.165) is 21.4 Å². The number of amides is 1. The van der Waals surface area contributed by atoms with Crippen molar-refractivity contribution in [1.29, 1.82) is 0 Å². The van der Waals surface area contributed by atoms with Crippen molar-refractivity contribution in [2.75, 3.05) is 19.6 Å². The first-order valence-corrected chi connectivity index (χ1v) is 9.43. The summed E-state index contributed by atoms with van der Waals surface area (Å²) < 4.78 is 35.8. The van der Waals surface area contributed by atoms with Crippen LogP contribution in [0.4, 0.5) is 13.6 Å². The van der Waals surface area contributed by atoms with Crippen LogP contribution in [0.5, 0.6) is 0 Å². The zero-order chi connectivity index (χ0) is 19.1. The lowest BCUT2D eigenvalue weighted by Gasteiger charge is -2.40. The molecular formula is C19H23BrF2N2O2. The fourth-order valence-electron chi connectivity index (χ4n) is 3.28. The normalized spacial score (nSPS) is 19.7. The highest BCUT2D eigenvalue weighted by atomic mass is 79.9. The third-order valence-electron chi connectivity index (χ3n) is 4.44. The lowest BCUT2D eigenvalue weighted by Crippen LogP contribution is -2.51. The van der Waals surface area contributed by atoms with Crippen LogP contribution in [-0.2, 0) is 17.7 Å². The Morgan fingerprint density at radius 3 is 2.65 bits per heavy atom. The van der Waals surface area contributed by atoms with Crippen molar-refractivity contribution < 1.29 is 18.3 Å². The SMILES string of the molecule is CC(C)(C)OC(=O)N1CC=C(N2CCc3cc(Br)ccc3C2)C(F)(F)C1. The topological polar surface area (TPSA) is 32.8 Å². The summed E-state index contributed by atoms with van der Waals surface area (Å²) in [6, 6.07) is 5.95. The maximum Gasteiger partial charge on any atom is 0.410 e. The van der Waals surface area contributed by atoms with E-state index < -0.39 is 24.2 Å². The van der Waals surface area contributed by atoms with E-state index in [9.17, 15) is 13.6 Å². The van der Waals surface area contributed by atoms with E-state index in [4.69, 9.17) is 4.74 Å². The summed E-state index contributed by atoms with van der Waals surface area (Å²) in [7, 11) is 0. The second-order valence-electron chi connectivity index (χ2n) is 7.74. The molecule has 2 aliphatic heterocycles. The van der Waals surface area contributed by atoms with Gasteiger partial charge in [-0.25, -0.2) is 4.79 Å². The summed E-state index contributed by atoms with van der Waals surface area (Å²) in [5.74, 6) is -3.10. The molecule has 1 aromatic rings. The molecule has 2 aliphatic rings. The number of ether oxygens (including phenoxy) is 1. The molecule has 0 aromatic heterocycles. The molecule has 0 saturated heterocycles. The second kappa shape index (κ2) is 6.83.